The van der Waals surface area contributed by atoms with E-state index in [9.17, 15) is 0 Å². The largest absolute Gasteiger partial charge is 0.345 e. The minimum Gasteiger partial charge on any atom is -0.345 e. The fraction of sp³-hybridized carbons (Fsp3) is 0.273. The third-order valence-corrected chi connectivity index (χ3v) is 3.63. The first-order valence-corrected chi connectivity index (χ1v) is 6.20. The number of aromatic amines is 1. The third-order valence-electron chi connectivity index (χ3n) is 2.42. The van der Waals surface area contributed by atoms with E-state index in [0.717, 1.165) is 11.7 Å². The molecule has 0 aliphatic carbocycles. The highest BCUT2D eigenvalue weighted by Gasteiger charge is 2.06. The molecule has 0 spiro atoms. The number of hydrogen-bond donors (Lipinski definition) is 1. The zero-order valence-electron chi connectivity index (χ0n) is 9.23. The Kier molecular flexibility index (Phi) is 3.36. The van der Waals surface area contributed by atoms with Gasteiger partial charge >= 0.3 is 0 Å². The maximum absolute atomic E-state index is 5.02. The van der Waals surface area contributed by atoms with E-state index in [-0.39, 0.29) is 0 Å². The molecule has 2 aromatic rings. The van der Waals surface area contributed by atoms with E-state index in [1.807, 2.05) is 7.05 Å². The monoisotopic (exact) mass is 251 g/mol. The summed E-state index contributed by atoms with van der Waals surface area (Å²) in [6.07, 6.45) is 0. The molecule has 0 bridgehead atoms. The molecule has 0 radical (unpaired) electrons. The summed E-state index contributed by atoms with van der Waals surface area (Å²) in [6.45, 7) is 2.97. The molecule has 1 aromatic carbocycles. The molecule has 3 nitrogen and oxygen atoms in total. The van der Waals surface area contributed by atoms with Crippen LogP contribution < -0.4 is 4.90 Å². The zero-order valence-corrected chi connectivity index (χ0v) is 10.9. The molecule has 0 aliphatic heterocycles. The van der Waals surface area contributed by atoms with Crippen LogP contribution in [0.4, 0.5) is 5.13 Å². The third kappa shape index (κ3) is 2.48. The van der Waals surface area contributed by atoms with Crippen molar-refractivity contribution in [1.82, 2.24) is 10.2 Å². The second-order valence-corrected chi connectivity index (χ2v) is 5.32. The van der Waals surface area contributed by atoms with Crippen LogP contribution in [0.2, 0.25) is 0 Å². The van der Waals surface area contributed by atoms with E-state index in [0.29, 0.717) is 3.95 Å². The van der Waals surface area contributed by atoms with Gasteiger partial charge in [0.25, 0.3) is 0 Å². The quantitative estimate of drug-likeness (QED) is 0.850. The lowest BCUT2D eigenvalue weighted by Crippen LogP contribution is -2.16. The van der Waals surface area contributed by atoms with Crippen LogP contribution in [0, 0.1) is 10.9 Å². The van der Waals surface area contributed by atoms with E-state index in [1.54, 1.807) is 0 Å². The topological polar surface area (TPSA) is 31.9 Å². The summed E-state index contributed by atoms with van der Waals surface area (Å²) in [6, 6.07) is 8.37. The predicted molar refractivity (Wildman–Crippen MR) is 70.6 cm³/mol. The maximum Gasteiger partial charge on any atom is 0.206 e. The van der Waals surface area contributed by atoms with Crippen LogP contribution in [0.1, 0.15) is 11.1 Å². The van der Waals surface area contributed by atoms with Crippen molar-refractivity contribution in [3.8, 4) is 0 Å². The molecule has 1 heterocycles. The summed E-state index contributed by atoms with van der Waals surface area (Å²) >= 11 is 6.51. The Hall–Kier alpha value is -1.20. The van der Waals surface area contributed by atoms with Gasteiger partial charge in [0, 0.05) is 13.6 Å². The van der Waals surface area contributed by atoms with Gasteiger partial charge in [-0.05, 0) is 30.3 Å². The SMILES string of the molecule is Cc1ccccc1CN(C)c1n[nH]c(=S)s1. The van der Waals surface area contributed by atoms with Gasteiger partial charge in [0.15, 0.2) is 3.95 Å². The average molecular weight is 251 g/mol. The van der Waals surface area contributed by atoms with Crippen molar-refractivity contribution in [2.45, 2.75) is 13.5 Å². The number of anilines is 1. The molecule has 0 atom stereocenters. The number of H-pyrrole nitrogens is 1. The van der Waals surface area contributed by atoms with Crippen molar-refractivity contribution >= 4 is 28.7 Å². The molecule has 0 saturated heterocycles. The second kappa shape index (κ2) is 4.76. The van der Waals surface area contributed by atoms with Gasteiger partial charge in [0.2, 0.25) is 5.13 Å². The van der Waals surface area contributed by atoms with Crippen molar-refractivity contribution in [2.75, 3.05) is 11.9 Å². The highest BCUT2D eigenvalue weighted by atomic mass is 32.1. The molecular weight excluding hydrogens is 238 g/mol. The molecule has 1 aromatic heterocycles. The van der Waals surface area contributed by atoms with Gasteiger partial charge in [0.1, 0.15) is 0 Å². The molecule has 0 aliphatic rings. The van der Waals surface area contributed by atoms with Crippen molar-refractivity contribution in [2.24, 2.45) is 0 Å². The molecule has 0 amide bonds. The second-order valence-electron chi connectivity index (χ2n) is 3.68. The Balaban J connectivity index is 2.16. The molecule has 2 rings (SSSR count). The lowest BCUT2D eigenvalue weighted by Gasteiger charge is -2.16. The van der Waals surface area contributed by atoms with E-state index in [4.69, 9.17) is 12.2 Å². The number of rotatable bonds is 3. The van der Waals surface area contributed by atoms with Gasteiger partial charge < -0.3 is 4.90 Å². The van der Waals surface area contributed by atoms with Crippen LogP contribution in [0.3, 0.4) is 0 Å². The Morgan fingerprint density at radius 3 is 2.81 bits per heavy atom. The molecule has 1 N–H and O–H groups in total. The Labute approximate surface area is 104 Å². The van der Waals surface area contributed by atoms with Crippen LogP contribution in [0.5, 0.6) is 0 Å². The highest BCUT2D eigenvalue weighted by molar-refractivity contribution is 7.73. The summed E-state index contributed by atoms with van der Waals surface area (Å²) in [5.74, 6) is 0. The number of nitrogens with one attached hydrogen (secondary N) is 1. The lowest BCUT2D eigenvalue weighted by atomic mass is 10.1. The van der Waals surface area contributed by atoms with Gasteiger partial charge in [-0.25, -0.2) is 0 Å². The Bertz CT molecular complexity index is 530. The predicted octanol–water partition coefficient (Wildman–Crippen LogP) is 3.15. The van der Waals surface area contributed by atoms with Gasteiger partial charge in [0.05, 0.1) is 0 Å². The normalized spacial score (nSPS) is 10.4. The summed E-state index contributed by atoms with van der Waals surface area (Å²) in [4.78, 5) is 2.10. The van der Waals surface area contributed by atoms with Crippen LogP contribution in [-0.4, -0.2) is 17.2 Å². The van der Waals surface area contributed by atoms with E-state index in [1.165, 1.54) is 22.5 Å². The minimum absolute atomic E-state index is 0.714. The van der Waals surface area contributed by atoms with Crippen molar-refractivity contribution < 1.29 is 0 Å². The van der Waals surface area contributed by atoms with Gasteiger partial charge in [-0.1, -0.05) is 35.6 Å². The van der Waals surface area contributed by atoms with Crippen LogP contribution in [-0.2, 0) is 6.54 Å². The Morgan fingerprint density at radius 1 is 1.44 bits per heavy atom. The fourth-order valence-corrected chi connectivity index (χ4v) is 2.33. The van der Waals surface area contributed by atoms with E-state index >= 15 is 0 Å². The van der Waals surface area contributed by atoms with Gasteiger partial charge in [-0.2, -0.15) is 0 Å². The van der Waals surface area contributed by atoms with Crippen LogP contribution >= 0.6 is 23.6 Å². The fourth-order valence-electron chi connectivity index (χ4n) is 1.50. The molecule has 0 saturated carbocycles. The minimum atomic E-state index is 0.714. The number of aryl methyl sites for hydroxylation is 1. The lowest BCUT2D eigenvalue weighted by molar-refractivity contribution is 0.886. The smallest absolute Gasteiger partial charge is 0.206 e. The van der Waals surface area contributed by atoms with E-state index < -0.39 is 0 Å². The zero-order chi connectivity index (χ0) is 11.5. The number of benzene rings is 1. The summed E-state index contributed by atoms with van der Waals surface area (Å²) in [5.41, 5.74) is 2.61. The molecule has 0 fully saturated rings. The maximum atomic E-state index is 5.02. The first-order valence-electron chi connectivity index (χ1n) is 4.98. The standard InChI is InChI=1S/C11H13N3S2/c1-8-5-3-4-6-9(8)7-14(2)10-12-13-11(15)16-10/h3-6H,7H2,1-2H3,(H,13,15). The van der Waals surface area contributed by atoms with Gasteiger partial charge in [-0.3, -0.25) is 5.10 Å². The van der Waals surface area contributed by atoms with Crippen LogP contribution in [0.25, 0.3) is 0 Å². The molecule has 16 heavy (non-hydrogen) atoms. The summed E-state index contributed by atoms with van der Waals surface area (Å²) in [5, 5.41) is 7.87. The average Bonchev–Trinajstić information content (AvgIpc) is 2.68. The first kappa shape index (κ1) is 11.3. The molecule has 0 unspecified atom stereocenters. The van der Waals surface area contributed by atoms with Crippen molar-refractivity contribution in [1.29, 1.82) is 0 Å². The highest BCUT2D eigenvalue weighted by Crippen LogP contribution is 2.19. The molecule has 84 valence electrons. The summed E-state index contributed by atoms with van der Waals surface area (Å²) in [7, 11) is 2.02. The number of hydrogen-bond acceptors (Lipinski definition) is 4. The molecular formula is C11H13N3S2. The first-order chi connectivity index (χ1) is 7.66. The number of nitrogens with zero attached hydrogens (tertiary/aromatic N) is 2. The Morgan fingerprint density at radius 2 is 2.19 bits per heavy atom. The number of aromatic nitrogens is 2. The van der Waals surface area contributed by atoms with Gasteiger partial charge in [-0.15, -0.1) is 5.10 Å². The van der Waals surface area contributed by atoms with Crippen molar-refractivity contribution in [3.63, 3.8) is 0 Å². The summed E-state index contributed by atoms with van der Waals surface area (Å²) < 4.78 is 0.714. The van der Waals surface area contributed by atoms with Crippen molar-refractivity contribution in [3.05, 3.63) is 39.3 Å². The van der Waals surface area contributed by atoms with E-state index in [2.05, 4.69) is 46.3 Å². The van der Waals surface area contributed by atoms with Crippen LogP contribution in [0.15, 0.2) is 24.3 Å². The molecule has 5 heteroatoms.